The SMILES string of the molecule is COC(=O)C(Cc1ccc(-c2ccccc2)s1)NC(=O)c1cc2ccc(Oc3ccc(C(C)(C)C)cc3)cc2c(CC2CCCC2)n1. The molecule has 47 heavy (non-hydrogen) atoms. The van der Waals surface area contributed by atoms with Crippen LogP contribution in [-0.2, 0) is 27.8 Å². The fourth-order valence-electron chi connectivity index (χ4n) is 6.29. The van der Waals surface area contributed by atoms with Crippen molar-refractivity contribution in [1.29, 1.82) is 0 Å². The van der Waals surface area contributed by atoms with Crippen molar-refractivity contribution in [3.8, 4) is 21.9 Å². The van der Waals surface area contributed by atoms with Crippen molar-refractivity contribution >= 4 is 34.0 Å². The number of carbonyl (C=O) groups is 2. The van der Waals surface area contributed by atoms with Gasteiger partial charge in [0.2, 0.25) is 0 Å². The van der Waals surface area contributed by atoms with Crippen molar-refractivity contribution < 1.29 is 19.1 Å². The van der Waals surface area contributed by atoms with E-state index in [1.165, 1.54) is 25.5 Å². The van der Waals surface area contributed by atoms with Gasteiger partial charge in [0.05, 0.1) is 7.11 Å². The molecule has 6 nitrogen and oxygen atoms in total. The van der Waals surface area contributed by atoms with Gasteiger partial charge in [-0.15, -0.1) is 11.3 Å². The van der Waals surface area contributed by atoms with Crippen molar-refractivity contribution in [2.75, 3.05) is 7.11 Å². The van der Waals surface area contributed by atoms with Gasteiger partial charge in [0, 0.05) is 27.3 Å². The molecule has 1 unspecified atom stereocenters. The molecule has 6 rings (SSSR count). The highest BCUT2D eigenvalue weighted by molar-refractivity contribution is 7.15. The summed E-state index contributed by atoms with van der Waals surface area (Å²) >= 11 is 1.60. The lowest BCUT2D eigenvalue weighted by molar-refractivity contribution is -0.142. The number of fused-ring (bicyclic) bond motifs is 1. The maximum Gasteiger partial charge on any atom is 0.328 e. The summed E-state index contributed by atoms with van der Waals surface area (Å²) in [5, 5.41) is 4.82. The number of benzene rings is 3. The average Bonchev–Trinajstić information content (AvgIpc) is 3.77. The van der Waals surface area contributed by atoms with E-state index in [4.69, 9.17) is 14.5 Å². The predicted octanol–water partition coefficient (Wildman–Crippen LogP) is 9.30. The van der Waals surface area contributed by atoms with Gasteiger partial charge in [0.25, 0.3) is 5.91 Å². The predicted molar refractivity (Wildman–Crippen MR) is 189 cm³/mol. The zero-order valence-electron chi connectivity index (χ0n) is 27.5. The first-order valence-electron chi connectivity index (χ1n) is 16.4. The number of pyridine rings is 1. The van der Waals surface area contributed by atoms with Crippen LogP contribution in [0.1, 0.15) is 73.1 Å². The molecule has 0 bridgehead atoms. The van der Waals surface area contributed by atoms with E-state index < -0.39 is 17.9 Å². The highest BCUT2D eigenvalue weighted by Gasteiger charge is 2.26. The van der Waals surface area contributed by atoms with E-state index in [-0.39, 0.29) is 5.41 Å². The molecule has 1 atom stereocenters. The van der Waals surface area contributed by atoms with E-state index in [1.54, 1.807) is 17.4 Å². The van der Waals surface area contributed by atoms with Gasteiger partial charge in [-0.25, -0.2) is 9.78 Å². The number of aromatic nitrogens is 1. The van der Waals surface area contributed by atoms with Crippen LogP contribution in [0, 0.1) is 5.92 Å². The normalized spacial score (nSPS) is 14.2. The van der Waals surface area contributed by atoms with E-state index in [0.717, 1.165) is 62.5 Å². The Morgan fingerprint density at radius 2 is 1.64 bits per heavy atom. The van der Waals surface area contributed by atoms with E-state index in [0.29, 0.717) is 18.0 Å². The summed E-state index contributed by atoms with van der Waals surface area (Å²) in [7, 11) is 1.35. The number of nitrogens with zero attached hydrogens (tertiary/aromatic N) is 1. The largest absolute Gasteiger partial charge is 0.467 e. The molecule has 0 spiro atoms. The van der Waals surface area contributed by atoms with E-state index in [9.17, 15) is 9.59 Å². The van der Waals surface area contributed by atoms with Gasteiger partial charge in [-0.3, -0.25) is 4.79 Å². The third kappa shape index (κ3) is 7.91. The van der Waals surface area contributed by atoms with Gasteiger partial charge in [-0.1, -0.05) is 95.0 Å². The molecule has 7 heteroatoms. The number of ether oxygens (including phenoxy) is 2. The average molecular weight is 647 g/mol. The molecular formula is C40H42N2O4S. The lowest BCUT2D eigenvalue weighted by Crippen LogP contribution is -2.43. The Balaban J connectivity index is 1.25. The van der Waals surface area contributed by atoms with Crippen LogP contribution in [0.15, 0.2) is 91.0 Å². The number of amides is 1. The summed E-state index contributed by atoms with van der Waals surface area (Å²) in [5.41, 5.74) is 3.61. The molecule has 1 saturated carbocycles. The highest BCUT2D eigenvalue weighted by atomic mass is 32.1. The summed E-state index contributed by atoms with van der Waals surface area (Å²) in [4.78, 5) is 33.6. The standard InChI is InChI=1S/C40H42N2O4S/c1-40(2,3)29-15-18-30(19-16-29)46-31-17-14-28-23-35(41-34(33(28)24-31)22-26-10-8-9-11-26)38(43)42-36(39(44)45-4)25-32-20-21-37(47-32)27-12-6-5-7-13-27/h5-7,12-21,23-24,26,36H,8-11,22,25H2,1-4H3,(H,42,43). The van der Waals surface area contributed by atoms with Gasteiger partial charge in [0.1, 0.15) is 23.2 Å². The monoisotopic (exact) mass is 646 g/mol. The molecule has 1 aliphatic rings. The van der Waals surface area contributed by atoms with Crippen molar-refractivity contribution in [1.82, 2.24) is 10.3 Å². The number of thiophene rings is 1. The Morgan fingerprint density at radius 3 is 2.34 bits per heavy atom. The molecule has 242 valence electrons. The minimum absolute atomic E-state index is 0.0685. The van der Waals surface area contributed by atoms with Gasteiger partial charge >= 0.3 is 5.97 Å². The summed E-state index contributed by atoms with van der Waals surface area (Å²) in [5.74, 6) is 1.14. The minimum Gasteiger partial charge on any atom is -0.467 e. The van der Waals surface area contributed by atoms with Crippen molar-refractivity contribution in [3.05, 3.63) is 113 Å². The molecule has 1 N–H and O–H groups in total. The summed E-state index contributed by atoms with van der Waals surface area (Å²) < 4.78 is 11.4. The number of methoxy groups -OCH3 is 1. The molecular weight excluding hydrogens is 605 g/mol. The highest BCUT2D eigenvalue weighted by Crippen LogP contribution is 2.34. The van der Waals surface area contributed by atoms with Crippen LogP contribution in [0.5, 0.6) is 11.5 Å². The number of hydrogen-bond donors (Lipinski definition) is 1. The summed E-state index contributed by atoms with van der Waals surface area (Å²) in [6.07, 6.45) is 5.88. The quantitative estimate of drug-likeness (QED) is 0.153. The molecule has 2 heterocycles. The topological polar surface area (TPSA) is 77.5 Å². The van der Waals surface area contributed by atoms with Crippen LogP contribution >= 0.6 is 11.3 Å². The van der Waals surface area contributed by atoms with Crippen molar-refractivity contribution in [2.45, 2.75) is 70.8 Å². The van der Waals surface area contributed by atoms with Gasteiger partial charge < -0.3 is 14.8 Å². The van der Waals surface area contributed by atoms with Crippen molar-refractivity contribution in [3.63, 3.8) is 0 Å². The third-order valence-electron chi connectivity index (χ3n) is 8.95. The summed E-state index contributed by atoms with van der Waals surface area (Å²) in [6, 6.07) is 29.3. The Morgan fingerprint density at radius 1 is 0.915 bits per heavy atom. The minimum atomic E-state index is -0.842. The summed E-state index contributed by atoms with van der Waals surface area (Å²) in [6.45, 7) is 6.58. The van der Waals surface area contributed by atoms with Crippen molar-refractivity contribution in [2.24, 2.45) is 5.92 Å². The number of nitrogens with one attached hydrogen (secondary N) is 1. The maximum atomic E-state index is 13.7. The Labute approximate surface area is 281 Å². The molecule has 3 aromatic carbocycles. The fourth-order valence-corrected chi connectivity index (χ4v) is 7.35. The van der Waals surface area contributed by atoms with Crippen LogP contribution in [0.3, 0.4) is 0 Å². The molecule has 5 aromatic rings. The van der Waals surface area contributed by atoms with Crippen LogP contribution in [0.2, 0.25) is 0 Å². The van der Waals surface area contributed by atoms with Crippen LogP contribution in [0.25, 0.3) is 21.2 Å². The first-order chi connectivity index (χ1) is 22.7. The molecule has 1 amide bonds. The second-order valence-electron chi connectivity index (χ2n) is 13.5. The Bertz CT molecular complexity index is 1850. The zero-order valence-corrected chi connectivity index (χ0v) is 28.4. The van der Waals surface area contributed by atoms with Crippen LogP contribution in [-0.4, -0.2) is 30.0 Å². The molecule has 0 radical (unpaired) electrons. The van der Waals surface area contributed by atoms with Gasteiger partial charge in [0.15, 0.2) is 0 Å². The van der Waals surface area contributed by atoms with Crippen LogP contribution in [0.4, 0.5) is 0 Å². The second kappa shape index (κ2) is 14.1. The smallest absolute Gasteiger partial charge is 0.328 e. The zero-order chi connectivity index (χ0) is 33.0. The van der Waals surface area contributed by atoms with E-state index >= 15 is 0 Å². The molecule has 1 fully saturated rings. The van der Waals surface area contributed by atoms with Gasteiger partial charge in [-0.2, -0.15) is 0 Å². The van der Waals surface area contributed by atoms with E-state index in [1.807, 2.05) is 60.7 Å². The van der Waals surface area contributed by atoms with E-state index in [2.05, 4.69) is 50.4 Å². The number of rotatable bonds is 10. The number of esters is 1. The number of carbonyl (C=O) groups excluding carboxylic acids is 2. The lowest BCUT2D eigenvalue weighted by atomic mass is 9.87. The van der Waals surface area contributed by atoms with Gasteiger partial charge in [-0.05, 0) is 76.7 Å². The number of hydrogen-bond acceptors (Lipinski definition) is 6. The molecule has 0 saturated heterocycles. The first kappa shape index (κ1) is 32.5. The lowest BCUT2D eigenvalue weighted by Gasteiger charge is -2.19. The maximum absolute atomic E-state index is 13.7. The molecule has 0 aliphatic heterocycles. The Kier molecular flexibility index (Phi) is 9.73. The third-order valence-corrected chi connectivity index (χ3v) is 10.1. The molecule has 2 aromatic heterocycles. The Hall–Kier alpha value is -4.49. The first-order valence-corrected chi connectivity index (χ1v) is 17.2. The molecule has 1 aliphatic carbocycles. The van der Waals surface area contributed by atoms with Crippen LogP contribution < -0.4 is 10.1 Å². The fraction of sp³-hybridized carbons (Fsp3) is 0.325. The second-order valence-corrected chi connectivity index (χ2v) is 14.6.